The van der Waals surface area contributed by atoms with E-state index in [4.69, 9.17) is 5.73 Å². The highest BCUT2D eigenvalue weighted by Gasteiger charge is 1.94. The molecule has 70 valence electrons. The molecular formula is C9H13N3O. The second-order valence-corrected chi connectivity index (χ2v) is 2.72. The van der Waals surface area contributed by atoms with E-state index in [9.17, 15) is 4.79 Å². The Morgan fingerprint density at radius 2 is 2.38 bits per heavy atom. The predicted molar refractivity (Wildman–Crippen MR) is 50.1 cm³/mol. The summed E-state index contributed by atoms with van der Waals surface area (Å²) in [4.78, 5) is 14.5. The van der Waals surface area contributed by atoms with Crippen molar-refractivity contribution in [3.05, 3.63) is 30.1 Å². The molecule has 2 amide bonds. The zero-order valence-electron chi connectivity index (χ0n) is 7.36. The molecule has 4 nitrogen and oxygen atoms in total. The van der Waals surface area contributed by atoms with Crippen molar-refractivity contribution in [3.63, 3.8) is 0 Å². The highest BCUT2D eigenvalue weighted by molar-refractivity contribution is 5.71. The smallest absolute Gasteiger partial charge is 0.312 e. The van der Waals surface area contributed by atoms with Crippen LogP contribution in [0, 0.1) is 0 Å². The summed E-state index contributed by atoms with van der Waals surface area (Å²) >= 11 is 0. The molecule has 4 heteroatoms. The Hall–Kier alpha value is -1.58. The van der Waals surface area contributed by atoms with Gasteiger partial charge in [-0.15, -0.1) is 0 Å². The van der Waals surface area contributed by atoms with Crippen LogP contribution < -0.4 is 11.1 Å². The van der Waals surface area contributed by atoms with Crippen molar-refractivity contribution < 1.29 is 4.79 Å². The normalized spacial score (nSPS) is 9.54. The van der Waals surface area contributed by atoms with E-state index in [-0.39, 0.29) is 0 Å². The van der Waals surface area contributed by atoms with E-state index in [1.165, 1.54) is 0 Å². The molecule has 0 unspecified atom stereocenters. The van der Waals surface area contributed by atoms with Crippen molar-refractivity contribution in [2.45, 2.75) is 12.8 Å². The summed E-state index contributed by atoms with van der Waals surface area (Å²) in [6.07, 6.45) is 3.48. The summed E-state index contributed by atoms with van der Waals surface area (Å²) in [6, 6.07) is 5.32. The Bertz CT molecular complexity index is 261. The summed E-state index contributed by atoms with van der Waals surface area (Å²) in [5, 5.41) is 2.53. The number of nitrogens with one attached hydrogen (secondary N) is 1. The standard InChI is InChI=1S/C9H13N3O/c10-9(13)12-7-3-5-8-4-1-2-6-11-8/h1-2,4,6H,3,5,7H2,(H3,10,12,13). The quantitative estimate of drug-likeness (QED) is 0.667. The average Bonchev–Trinajstić information content (AvgIpc) is 2.14. The molecule has 3 N–H and O–H groups in total. The van der Waals surface area contributed by atoms with Crippen LogP contribution in [0.2, 0.25) is 0 Å². The van der Waals surface area contributed by atoms with Gasteiger partial charge in [0.05, 0.1) is 0 Å². The van der Waals surface area contributed by atoms with Crippen LogP contribution in [0.1, 0.15) is 12.1 Å². The van der Waals surface area contributed by atoms with Crippen LogP contribution in [0.4, 0.5) is 4.79 Å². The Labute approximate surface area is 77.2 Å². The van der Waals surface area contributed by atoms with E-state index in [0.29, 0.717) is 6.54 Å². The number of hydrogen-bond acceptors (Lipinski definition) is 2. The third kappa shape index (κ3) is 4.10. The molecule has 1 heterocycles. The van der Waals surface area contributed by atoms with Crippen LogP contribution in [-0.2, 0) is 6.42 Å². The molecule has 1 rings (SSSR count). The minimum atomic E-state index is -0.471. The maximum absolute atomic E-state index is 10.3. The number of aromatic nitrogens is 1. The molecule has 0 spiro atoms. The van der Waals surface area contributed by atoms with Crippen molar-refractivity contribution in [3.8, 4) is 0 Å². The second-order valence-electron chi connectivity index (χ2n) is 2.72. The minimum absolute atomic E-state index is 0.471. The first-order valence-corrected chi connectivity index (χ1v) is 4.22. The lowest BCUT2D eigenvalue weighted by Crippen LogP contribution is -2.30. The Balaban J connectivity index is 2.17. The molecule has 0 aromatic carbocycles. The maximum atomic E-state index is 10.3. The lowest BCUT2D eigenvalue weighted by Gasteiger charge is -2.00. The van der Waals surface area contributed by atoms with Crippen molar-refractivity contribution in [2.24, 2.45) is 5.73 Å². The van der Waals surface area contributed by atoms with E-state index in [1.54, 1.807) is 6.20 Å². The molecule has 0 bridgehead atoms. The van der Waals surface area contributed by atoms with E-state index in [2.05, 4.69) is 10.3 Å². The summed E-state index contributed by atoms with van der Waals surface area (Å²) in [6.45, 7) is 0.603. The van der Waals surface area contributed by atoms with Gasteiger partial charge in [0.1, 0.15) is 0 Å². The molecule has 0 radical (unpaired) electrons. The van der Waals surface area contributed by atoms with Gasteiger partial charge in [0.25, 0.3) is 0 Å². The summed E-state index contributed by atoms with van der Waals surface area (Å²) < 4.78 is 0. The van der Waals surface area contributed by atoms with E-state index in [0.717, 1.165) is 18.5 Å². The van der Waals surface area contributed by atoms with Crippen LogP contribution in [0.25, 0.3) is 0 Å². The Morgan fingerprint density at radius 1 is 1.54 bits per heavy atom. The monoisotopic (exact) mass is 179 g/mol. The van der Waals surface area contributed by atoms with Crippen LogP contribution in [0.15, 0.2) is 24.4 Å². The fourth-order valence-electron chi connectivity index (χ4n) is 1.03. The number of carbonyl (C=O) groups is 1. The number of carbonyl (C=O) groups excluding carboxylic acids is 1. The number of pyridine rings is 1. The topological polar surface area (TPSA) is 68.0 Å². The predicted octanol–water partition coefficient (Wildman–Crippen LogP) is 0.682. The third-order valence-electron chi connectivity index (χ3n) is 1.64. The van der Waals surface area contributed by atoms with Gasteiger partial charge in [-0.05, 0) is 25.0 Å². The van der Waals surface area contributed by atoms with Gasteiger partial charge in [-0.2, -0.15) is 0 Å². The number of rotatable bonds is 4. The molecule has 0 atom stereocenters. The molecular weight excluding hydrogens is 166 g/mol. The molecule has 0 aliphatic rings. The second kappa shape index (κ2) is 5.13. The fraction of sp³-hybridized carbons (Fsp3) is 0.333. The molecule has 0 saturated carbocycles. The molecule has 13 heavy (non-hydrogen) atoms. The van der Waals surface area contributed by atoms with E-state index >= 15 is 0 Å². The summed E-state index contributed by atoms with van der Waals surface area (Å²) in [5.74, 6) is 0. The molecule has 0 aliphatic heterocycles. The number of nitrogens with two attached hydrogens (primary N) is 1. The number of urea groups is 1. The van der Waals surface area contributed by atoms with Gasteiger partial charge in [0, 0.05) is 18.4 Å². The van der Waals surface area contributed by atoms with E-state index in [1.807, 2.05) is 18.2 Å². The lowest BCUT2D eigenvalue weighted by atomic mass is 10.2. The number of hydrogen-bond donors (Lipinski definition) is 2. The molecule has 1 aromatic heterocycles. The average molecular weight is 179 g/mol. The first-order valence-electron chi connectivity index (χ1n) is 4.22. The van der Waals surface area contributed by atoms with Gasteiger partial charge in [-0.1, -0.05) is 6.07 Å². The van der Waals surface area contributed by atoms with Gasteiger partial charge >= 0.3 is 6.03 Å². The van der Waals surface area contributed by atoms with Crippen molar-refractivity contribution in [1.29, 1.82) is 0 Å². The van der Waals surface area contributed by atoms with Gasteiger partial charge in [0.2, 0.25) is 0 Å². The zero-order chi connectivity index (χ0) is 9.52. The Morgan fingerprint density at radius 3 is 3.00 bits per heavy atom. The van der Waals surface area contributed by atoms with Crippen LogP contribution in [-0.4, -0.2) is 17.6 Å². The largest absolute Gasteiger partial charge is 0.352 e. The number of amides is 2. The Kier molecular flexibility index (Phi) is 3.75. The van der Waals surface area contributed by atoms with E-state index < -0.39 is 6.03 Å². The highest BCUT2D eigenvalue weighted by Crippen LogP contribution is 1.96. The lowest BCUT2D eigenvalue weighted by molar-refractivity contribution is 0.249. The first kappa shape index (κ1) is 9.51. The summed E-state index contributed by atoms with van der Waals surface area (Å²) in [5.41, 5.74) is 5.94. The van der Waals surface area contributed by atoms with Gasteiger partial charge in [-0.25, -0.2) is 4.79 Å². The number of aryl methyl sites for hydroxylation is 1. The van der Waals surface area contributed by atoms with Gasteiger partial charge in [-0.3, -0.25) is 4.98 Å². The molecule has 0 aliphatic carbocycles. The molecule has 1 aromatic rings. The molecule has 0 saturated heterocycles. The van der Waals surface area contributed by atoms with Crippen LogP contribution >= 0.6 is 0 Å². The van der Waals surface area contributed by atoms with Crippen molar-refractivity contribution in [1.82, 2.24) is 10.3 Å². The maximum Gasteiger partial charge on any atom is 0.312 e. The van der Waals surface area contributed by atoms with Gasteiger partial charge < -0.3 is 11.1 Å². The van der Waals surface area contributed by atoms with Crippen LogP contribution in [0.3, 0.4) is 0 Å². The molecule has 0 fully saturated rings. The highest BCUT2D eigenvalue weighted by atomic mass is 16.2. The minimum Gasteiger partial charge on any atom is -0.352 e. The third-order valence-corrected chi connectivity index (χ3v) is 1.64. The zero-order valence-corrected chi connectivity index (χ0v) is 7.36. The van der Waals surface area contributed by atoms with Crippen molar-refractivity contribution in [2.75, 3.05) is 6.54 Å². The summed E-state index contributed by atoms with van der Waals surface area (Å²) in [7, 11) is 0. The first-order chi connectivity index (χ1) is 6.29. The fourth-order valence-corrected chi connectivity index (χ4v) is 1.03. The van der Waals surface area contributed by atoms with Gasteiger partial charge in [0.15, 0.2) is 0 Å². The van der Waals surface area contributed by atoms with Crippen molar-refractivity contribution >= 4 is 6.03 Å². The van der Waals surface area contributed by atoms with Crippen LogP contribution in [0.5, 0.6) is 0 Å². The number of nitrogens with zero attached hydrogens (tertiary/aromatic N) is 1. The number of primary amides is 1. The SMILES string of the molecule is NC(=O)NCCCc1ccccn1.